The average Bonchev–Trinajstić information content (AvgIpc) is 2.84. The van der Waals surface area contributed by atoms with Gasteiger partial charge in [0.1, 0.15) is 12.2 Å². The van der Waals surface area contributed by atoms with Crippen molar-refractivity contribution in [1.29, 1.82) is 0 Å². The molecule has 134 valence electrons. The number of nitro groups is 2. The lowest BCUT2D eigenvalue weighted by molar-refractivity contribution is -0.424. The summed E-state index contributed by atoms with van der Waals surface area (Å²) in [4.78, 5) is 34.1. The normalized spacial score (nSPS) is 10.8. The monoisotopic (exact) mass is 342 g/mol. The lowest BCUT2D eigenvalue weighted by Gasteiger charge is -2.17. The molecule has 1 aromatic heterocycles. The molecule has 0 unspecified atom stereocenters. The van der Waals surface area contributed by atoms with Crippen LogP contribution in [-0.4, -0.2) is 56.6 Å². The van der Waals surface area contributed by atoms with Crippen molar-refractivity contribution in [2.24, 2.45) is 0 Å². The first-order valence-electron chi connectivity index (χ1n) is 7.67. The standard InChI is InChI=1S/C13H22N6O5/c1-4-16(5-2)8-6-7-14-11(20)9-17-10(3)12(18(21)22)13(15-17)19(23)24/h4-9H2,1-3H3,(H,14,20). The van der Waals surface area contributed by atoms with Crippen LogP contribution >= 0.6 is 0 Å². The molecule has 0 radical (unpaired) electrons. The van der Waals surface area contributed by atoms with E-state index in [-0.39, 0.29) is 12.2 Å². The summed E-state index contributed by atoms with van der Waals surface area (Å²) in [5.41, 5.74) is -0.709. The van der Waals surface area contributed by atoms with Crippen LogP contribution in [0.25, 0.3) is 0 Å². The van der Waals surface area contributed by atoms with Gasteiger partial charge < -0.3 is 20.3 Å². The number of hydrogen-bond acceptors (Lipinski definition) is 7. The number of nitrogens with zero attached hydrogens (tertiary/aromatic N) is 5. The first-order chi connectivity index (χ1) is 11.3. The Hall–Kier alpha value is -2.56. The second-order valence-electron chi connectivity index (χ2n) is 5.16. The molecule has 1 rings (SSSR count). The first-order valence-corrected chi connectivity index (χ1v) is 7.67. The molecule has 0 aliphatic heterocycles. The topological polar surface area (TPSA) is 136 Å². The fourth-order valence-electron chi connectivity index (χ4n) is 2.27. The van der Waals surface area contributed by atoms with Gasteiger partial charge in [0.05, 0.1) is 10.0 Å². The number of nitrogens with one attached hydrogen (secondary N) is 1. The molecule has 0 aliphatic rings. The molecule has 0 fully saturated rings. The van der Waals surface area contributed by atoms with Gasteiger partial charge in [-0.05, 0) is 37.9 Å². The third kappa shape index (κ3) is 4.98. The van der Waals surface area contributed by atoms with Gasteiger partial charge in [0, 0.05) is 6.54 Å². The van der Waals surface area contributed by atoms with Gasteiger partial charge in [-0.15, -0.1) is 0 Å². The van der Waals surface area contributed by atoms with Crippen LogP contribution in [0, 0.1) is 27.2 Å². The zero-order valence-electron chi connectivity index (χ0n) is 14.0. The molecule has 1 aromatic rings. The van der Waals surface area contributed by atoms with Gasteiger partial charge in [0.15, 0.2) is 0 Å². The summed E-state index contributed by atoms with van der Waals surface area (Å²) in [5.74, 6) is -1.25. The van der Waals surface area contributed by atoms with E-state index < -0.39 is 27.3 Å². The molecule has 0 atom stereocenters. The summed E-state index contributed by atoms with van der Waals surface area (Å²) < 4.78 is 0.982. The Labute approximate surface area is 138 Å². The third-order valence-electron chi connectivity index (χ3n) is 3.67. The second kappa shape index (κ2) is 8.91. The van der Waals surface area contributed by atoms with E-state index in [9.17, 15) is 25.0 Å². The third-order valence-corrected chi connectivity index (χ3v) is 3.67. The van der Waals surface area contributed by atoms with E-state index in [0.29, 0.717) is 6.54 Å². The van der Waals surface area contributed by atoms with E-state index in [2.05, 4.69) is 29.2 Å². The summed E-state index contributed by atoms with van der Waals surface area (Å²) in [6.07, 6.45) is 0.770. The Morgan fingerprint density at radius 2 is 1.88 bits per heavy atom. The molecule has 1 amide bonds. The van der Waals surface area contributed by atoms with E-state index >= 15 is 0 Å². The lowest BCUT2D eigenvalue weighted by atomic mass is 10.3. The SMILES string of the molecule is CCN(CC)CCCNC(=O)Cn1nc([N+](=O)[O-])c([N+](=O)[O-])c1C. The predicted octanol–water partition coefficient (Wildman–Crippen LogP) is 0.856. The van der Waals surface area contributed by atoms with Crippen molar-refractivity contribution in [3.05, 3.63) is 25.9 Å². The zero-order valence-corrected chi connectivity index (χ0v) is 14.0. The quantitative estimate of drug-likeness (QED) is 0.378. The van der Waals surface area contributed by atoms with Gasteiger partial charge in [0.25, 0.3) is 0 Å². The fourth-order valence-corrected chi connectivity index (χ4v) is 2.27. The van der Waals surface area contributed by atoms with Crippen LogP contribution in [0.1, 0.15) is 26.0 Å². The van der Waals surface area contributed by atoms with Crippen molar-refractivity contribution < 1.29 is 14.6 Å². The van der Waals surface area contributed by atoms with E-state index in [0.717, 1.165) is 30.7 Å². The Morgan fingerprint density at radius 3 is 2.33 bits per heavy atom. The second-order valence-corrected chi connectivity index (χ2v) is 5.16. The van der Waals surface area contributed by atoms with Gasteiger partial charge in [0.2, 0.25) is 5.91 Å². The highest BCUT2D eigenvalue weighted by Gasteiger charge is 2.35. The molecule has 1 heterocycles. The Bertz CT molecular complexity index is 610. The van der Waals surface area contributed by atoms with E-state index in [4.69, 9.17) is 0 Å². The Kier molecular flexibility index (Phi) is 7.24. The van der Waals surface area contributed by atoms with Crippen LogP contribution in [0.15, 0.2) is 0 Å². The summed E-state index contributed by atoms with van der Waals surface area (Å²) in [6.45, 7) is 8.32. The number of hydrogen-bond donors (Lipinski definition) is 1. The van der Waals surface area contributed by atoms with Crippen LogP contribution in [0.4, 0.5) is 11.5 Å². The maximum absolute atomic E-state index is 11.9. The Balaban J connectivity index is 2.63. The maximum atomic E-state index is 11.9. The molecule has 24 heavy (non-hydrogen) atoms. The molecule has 0 aromatic carbocycles. The molecule has 11 nitrogen and oxygen atoms in total. The van der Waals surface area contributed by atoms with Gasteiger partial charge >= 0.3 is 11.5 Å². The van der Waals surface area contributed by atoms with Crippen LogP contribution < -0.4 is 5.32 Å². The van der Waals surface area contributed by atoms with Crippen LogP contribution in [0.3, 0.4) is 0 Å². The summed E-state index contributed by atoms with van der Waals surface area (Å²) in [5, 5.41) is 28.0. The van der Waals surface area contributed by atoms with Crippen molar-refractivity contribution >= 4 is 17.4 Å². The average molecular weight is 342 g/mol. The maximum Gasteiger partial charge on any atom is 0.468 e. The van der Waals surface area contributed by atoms with Gasteiger partial charge in [-0.2, -0.15) is 4.68 Å². The van der Waals surface area contributed by atoms with E-state index in [1.54, 1.807) is 0 Å². The van der Waals surface area contributed by atoms with Gasteiger partial charge in [-0.25, -0.2) is 0 Å². The molecule has 0 saturated heterocycles. The molecule has 11 heteroatoms. The molecule has 0 saturated carbocycles. The predicted molar refractivity (Wildman–Crippen MR) is 85.7 cm³/mol. The van der Waals surface area contributed by atoms with Crippen molar-refractivity contribution in [2.75, 3.05) is 26.2 Å². The molecule has 0 aliphatic carbocycles. The Morgan fingerprint density at radius 1 is 1.25 bits per heavy atom. The lowest BCUT2D eigenvalue weighted by Crippen LogP contribution is -2.32. The molecule has 0 spiro atoms. The molecular formula is C13H22N6O5. The molecule has 1 N–H and O–H groups in total. The summed E-state index contributed by atoms with van der Waals surface area (Å²) in [7, 11) is 0. The van der Waals surface area contributed by atoms with Crippen LogP contribution in [0.5, 0.6) is 0 Å². The van der Waals surface area contributed by atoms with Gasteiger partial charge in [-0.3, -0.25) is 14.9 Å². The van der Waals surface area contributed by atoms with Crippen LogP contribution in [0.2, 0.25) is 0 Å². The van der Waals surface area contributed by atoms with Crippen molar-refractivity contribution in [3.63, 3.8) is 0 Å². The number of amides is 1. The minimum absolute atomic E-state index is 0.0232. The number of aromatic nitrogens is 2. The minimum atomic E-state index is -0.927. The highest BCUT2D eigenvalue weighted by molar-refractivity contribution is 5.76. The number of carbonyl (C=O) groups is 1. The van der Waals surface area contributed by atoms with Gasteiger partial charge in [-0.1, -0.05) is 13.8 Å². The minimum Gasteiger partial charge on any atom is -0.358 e. The zero-order chi connectivity index (χ0) is 18.3. The smallest absolute Gasteiger partial charge is 0.358 e. The van der Waals surface area contributed by atoms with Crippen molar-refractivity contribution in [3.8, 4) is 0 Å². The highest BCUT2D eigenvalue weighted by atomic mass is 16.6. The van der Waals surface area contributed by atoms with Crippen molar-refractivity contribution in [1.82, 2.24) is 20.0 Å². The fraction of sp³-hybridized carbons (Fsp3) is 0.692. The van der Waals surface area contributed by atoms with E-state index in [1.807, 2.05) is 0 Å². The van der Waals surface area contributed by atoms with E-state index in [1.165, 1.54) is 6.92 Å². The van der Waals surface area contributed by atoms with Crippen molar-refractivity contribution in [2.45, 2.75) is 33.7 Å². The number of rotatable bonds is 10. The first kappa shape index (κ1) is 19.5. The largest absolute Gasteiger partial charge is 0.468 e. The highest BCUT2D eigenvalue weighted by Crippen LogP contribution is 2.28. The van der Waals surface area contributed by atoms with Crippen LogP contribution in [-0.2, 0) is 11.3 Å². The molecule has 0 bridgehead atoms. The summed E-state index contributed by atoms with van der Waals surface area (Å²) >= 11 is 0. The summed E-state index contributed by atoms with van der Waals surface area (Å²) in [6, 6.07) is 0. The number of carbonyl (C=O) groups excluding carboxylic acids is 1. The molecular weight excluding hydrogens is 320 g/mol.